The van der Waals surface area contributed by atoms with Crippen LogP contribution in [0.15, 0.2) is 324 Å². The lowest BCUT2D eigenvalue weighted by Crippen LogP contribution is -2.41. The van der Waals surface area contributed by atoms with Crippen LogP contribution in [0.5, 0.6) is 0 Å². The van der Waals surface area contributed by atoms with Gasteiger partial charge in [-0.1, -0.05) is 237 Å². The molecule has 0 unspecified atom stereocenters. The minimum atomic E-state index is -0.404. The van der Waals surface area contributed by atoms with Crippen LogP contribution in [0.25, 0.3) is 196 Å². The van der Waals surface area contributed by atoms with E-state index in [0.29, 0.717) is 29.4 Å². The lowest BCUT2D eigenvalue weighted by atomic mass is 9.79. The van der Waals surface area contributed by atoms with E-state index in [9.17, 15) is 0 Å². The maximum atomic E-state index is 6.50. The van der Waals surface area contributed by atoms with E-state index in [1.807, 2.05) is 112 Å². The third-order valence-corrected chi connectivity index (χ3v) is 24.6. The SMILES string of the molecule is CC1(C)OB(c2ccc3c(c2)oc2ccc(-c4cccc5c4sc4ccccc45)cc23)OC1(C)C.Clc1nc(-c2ccccc2)nc(-n2c3ccccc3c3ccccc32)n1.c1ccc(-c2nc(-c3ccc4c(c3)oc3ccc(-c5cccc6c5sc5ccccc56)cc34)nc(-n3c4ccccc4c4ccccc43)n2)cc1. The second-order valence-corrected chi connectivity index (χ2v) is 31.7. The summed E-state index contributed by atoms with van der Waals surface area (Å²) in [6.07, 6.45) is 0. The lowest BCUT2D eigenvalue weighted by molar-refractivity contribution is 0.00578. The van der Waals surface area contributed by atoms with Crippen LogP contribution in [0.4, 0.5) is 0 Å². The molecule has 0 amide bonds. The molecule has 0 aliphatic carbocycles. The largest absolute Gasteiger partial charge is 0.494 e. The van der Waals surface area contributed by atoms with Crippen molar-refractivity contribution in [1.82, 2.24) is 39.0 Å². The van der Waals surface area contributed by atoms with Crippen LogP contribution in [0.1, 0.15) is 27.7 Å². The van der Waals surface area contributed by atoms with Crippen molar-refractivity contribution in [3.63, 3.8) is 0 Å². The molecule has 23 rings (SSSR count). The van der Waals surface area contributed by atoms with Crippen molar-refractivity contribution in [2.75, 3.05) is 0 Å². The van der Waals surface area contributed by atoms with E-state index in [1.54, 1.807) is 0 Å². The first-order chi connectivity index (χ1) is 54.9. The molecule has 534 valence electrons. The van der Waals surface area contributed by atoms with Gasteiger partial charge in [0.2, 0.25) is 17.2 Å². The number of benzene rings is 14. The minimum Gasteiger partial charge on any atom is -0.456 e. The van der Waals surface area contributed by atoms with Gasteiger partial charge in [0, 0.05) is 100 Å². The Hall–Kier alpha value is -13.0. The number of thiophene rings is 2. The molecule has 9 heterocycles. The fourth-order valence-corrected chi connectivity index (χ4v) is 18.5. The van der Waals surface area contributed by atoms with Crippen LogP contribution >= 0.6 is 34.3 Å². The Kier molecular flexibility index (Phi) is 16.0. The Morgan fingerprint density at radius 2 is 0.679 bits per heavy atom. The third-order valence-electron chi connectivity index (χ3n) is 22.0. The highest BCUT2D eigenvalue weighted by atomic mass is 35.5. The first-order valence-electron chi connectivity index (χ1n) is 37.2. The van der Waals surface area contributed by atoms with E-state index in [2.05, 4.69) is 273 Å². The Balaban J connectivity index is 0.000000113. The number of hydrogen-bond donors (Lipinski definition) is 0. The lowest BCUT2D eigenvalue weighted by Gasteiger charge is -2.32. The molecule has 14 aromatic carbocycles. The second-order valence-electron chi connectivity index (χ2n) is 29.2. The van der Waals surface area contributed by atoms with Crippen LogP contribution in [-0.2, 0) is 9.31 Å². The normalized spacial score (nSPS) is 13.5. The van der Waals surface area contributed by atoms with Gasteiger partial charge in [0.05, 0.1) is 33.3 Å². The molecule has 16 heteroatoms. The number of hydrogen-bond acceptors (Lipinski definition) is 12. The molecule has 0 spiro atoms. The smallest absolute Gasteiger partial charge is 0.456 e. The van der Waals surface area contributed by atoms with E-state index in [4.69, 9.17) is 49.7 Å². The molecule has 1 aliphatic rings. The Morgan fingerprint density at radius 3 is 1.16 bits per heavy atom. The number of halogens is 1. The van der Waals surface area contributed by atoms with Crippen LogP contribution in [0, 0.1) is 0 Å². The van der Waals surface area contributed by atoms with Crippen molar-refractivity contribution in [2.45, 2.75) is 38.9 Å². The zero-order chi connectivity index (χ0) is 74.9. The Morgan fingerprint density at radius 1 is 0.295 bits per heavy atom. The fraction of sp³-hybridized carbons (Fsp3) is 0.0625. The van der Waals surface area contributed by atoms with Crippen molar-refractivity contribution in [2.24, 2.45) is 0 Å². The fourth-order valence-electron chi connectivity index (χ4n) is 15.9. The summed E-state index contributed by atoms with van der Waals surface area (Å²) in [6.45, 7) is 8.30. The second kappa shape index (κ2) is 26.7. The van der Waals surface area contributed by atoms with Gasteiger partial charge in [-0.05, 0) is 146 Å². The molecule has 0 bridgehead atoms. The van der Waals surface area contributed by atoms with Crippen molar-refractivity contribution >= 4 is 175 Å². The highest BCUT2D eigenvalue weighted by molar-refractivity contribution is 7.26. The number of aromatic nitrogens is 8. The third kappa shape index (κ3) is 11.4. The maximum Gasteiger partial charge on any atom is 0.494 e. The zero-order valence-corrected chi connectivity index (χ0v) is 63.4. The van der Waals surface area contributed by atoms with Crippen LogP contribution in [0.3, 0.4) is 0 Å². The van der Waals surface area contributed by atoms with Gasteiger partial charge in [0.25, 0.3) is 0 Å². The summed E-state index contributed by atoms with van der Waals surface area (Å²) in [7, 11) is -0.404. The summed E-state index contributed by atoms with van der Waals surface area (Å²) in [4.78, 5) is 28.6. The number of fused-ring (bicyclic) bond motifs is 18. The topological polar surface area (TPSA) is 132 Å². The zero-order valence-electron chi connectivity index (χ0n) is 61.0. The van der Waals surface area contributed by atoms with Gasteiger partial charge in [-0.3, -0.25) is 9.13 Å². The monoisotopic (exact) mass is 1500 g/mol. The summed E-state index contributed by atoms with van der Waals surface area (Å²) in [6, 6.07) is 109. The molecule has 8 aromatic heterocycles. The van der Waals surface area contributed by atoms with E-state index < -0.39 is 7.12 Å². The van der Waals surface area contributed by atoms with Gasteiger partial charge >= 0.3 is 7.12 Å². The van der Waals surface area contributed by atoms with E-state index in [1.165, 1.54) is 62.6 Å². The Labute approximate surface area is 655 Å². The maximum absolute atomic E-state index is 6.50. The van der Waals surface area contributed by atoms with Gasteiger partial charge in [-0.25, -0.2) is 4.98 Å². The van der Waals surface area contributed by atoms with Gasteiger partial charge in [-0.15, -0.1) is 22.7 Å². The molecule has 0 saturated carbocycles. The van der Waals surface area contributed by atoms with E-state index in [0.717, 1.165) is 110 Å². The first kappa shape index (κ1) is 67.2. The van der Waals surface area contributed by atoms with E-state index >= 15 is 0 Å². The molecular weight excluding hydrogens is 1440 g/mol. The Bertz CT molecular complexity index is 7410. The van der Waals surface area contributed by atoms with Crippen molar-refractivity contribution in [3.8, 4) is 68.3 Å². The van der Waals surface area contributed by atoms with Crippen LogP contribution in [-0.4, -0.2) is 57.4 Å². The summed E-state index contributed by atoms with van der Waals surface area (Å²) < 4.78 is 34.7. The molecule has 1 aliphatic heterocycles. The summed E-state index contributed by atoms with van der Waals surface area (Å²) in [5, 5.41) is 14.4. The predicted octanol–water partition coefficient (Wildman–Crippen LogP) is 25.4. The number of para-hydroxylation sites is 4. The van der Waals surface area contributed by atoms with Gasteiger partial charge < -0.3 is 18.1 Å². The molecule has 112 heavy (non-hydrogen) atoms. The summed E-state index contributed by atoms with van der Waals surface area (Å²) in [5.41, 5.74) is 15.3. The molecule has 12 nitrogen and oxygen atoms in total. The molecular formula is C96H64BClN8O4S2. The average Bonchev–Trinajstić information content (AvgIpc) is 1.58. The molecule has 0 radical (unpaired) electrons. The highest BCUT2D eigenvalue weighted by Crippen LogP contribution is 2.46. The molecule has 0 atom stereocenters. The quantitative estimate of drug-likeness (QED) is 0.135. The van der Waals surface area contributed by atoms with Crippen molar-refractivity contribution < 1.29 is 18.1 Å². The van der Waals surface area contributed by atoms with Crippen molar-refractivity contribution in [1.29, 1.82) is 0 Å². The number of furan rings is 2. The van der Waals surface area contributed by atoms with Crippen LogP contribution in [0.2, 0.25) is 5.28 Å². The average molecular weight is 1500 g/mol. The van der Waals surface area contributed by atoms with E-state index in [-0.39, 0.29) is 16.5 Å². The van der Waals surface area contributed by atoms with Gasteiger partial charge in [0.15, 0.2) is 17.5 Å². The molecule has 22 aromatic rings. The number of nitrogens with zero attached hydrogens (tertiary/aromatic N) is 8. The summed E-state index contributed by atoms with van der Waals surface area (Å²) >= 11 is 9.95. The predicted molar refractivity (Wildman–Crippen MR) is 463 cm³/mol. The summed E-state index contributed by atoms with van der Waals surface area (Å²) in [5.74, 6) is 2.84. The standard InChI is InChI=1S/C45H26N4OS.C30H25BO3S.C21H13ClN4/c1-2-11-27(12-3-1)43-46-44(48-45(47-43)49-37-18-7-4-13-31(37)32-14-5-8-19-38(32)49)29-21-23-33-36-25-28(22-24-39(36)50-40(33)26-29)30-16-10-17-35-34-15-6-9-20-41(34)51-42(30)35;1-29(2)30(3,4)34-31(33-29)19-13-14-21-24-16-18(12-15-25(24)32-26(21)17-19)20-9-7-10-23-22-8-5-6-11-27(22)35-28(20)23;22-20-23-19(14-8-2-1-3-9-14)24-21(25-20)26-17-12-6-4-10-15(17)16-11-5-7-13-18(16)26/h1-26H;5-17H,1-4H3;1-13H. The highest BCUT2D eigenvalue weighted by Gasteiger charge is 2.52. The minimum absolute atomic E-state index is 0.177. The number of rotatable bonds is 8. The molecule has 0 N–H and O–H groups in total. The van der Waals surface area contributed by atoms with Gasteiger partial charge in [-0.2, -0.15) is 24.9 Å². The molecule has 1 saturated heterocycles. The van der Waals surface area contributed by atoms with Crippen LogP contribution < -0.4 is 5.46 Å². The van der Waals surface area contributed by atoms with Gasteiger partial charge in [0.1, 0.15) is 22.3 Å². The van der Waals surface area contributed by atoms with Crippen molar-refractivity contribution in [3.05, 3.63) is 321 Å². The molecule has 1 fully saturated rings. The first-order valence-corrected chi connectivity index (χ1v) is 39.3.